The lowest BCUT2D eigenvalue weighted by molar-refractivity contribution is -0.218. The van der Waals surface area contributed by atoms with Gasteiger partial charge in [-0.25, -0.2) is 4.79 Å². The largest absolute Gasteiger partial charge is 0.494 e. The number of ether oxygens (including phenoxy) is 5. The summed E-state index contributed by atoms with van der Waals surface area (Å²) in [5.74, 6) is 2.15. The summed E-state index contributed by atoms with van der Waals surface area (Å²) in [5, 5.41) is 0. The summed E-state index contributed by atoms with van der Waals surface area (Å²) in [6.45, 7) is 5.44. The molecule has 0 aromatic heterocycles. The Morgan fingerprint density at radius 3 is 1.78 bits per heavy atom. The third-order valence-corrected chi connectivity index (χ3v) is 7.93. The van der Waals surface area contributed by atoms with Crippen LogP contribution in [0.25, 0.3) is 0 Å². The molecule has 2 atom stereocenters. The SMILES string of the molecule is Cc1cc(OC(=O)c2ccc(OCCCCCCC3CO3)cc2)ccc1OOCc1ccc(OCCCCCCC2CO2)cc1. The second kappa shape index (κ2) is 17.8. The van der Waals surface area contributed by atoms with Crippen LogP contribution < -0.4 is 19.1 Å². The Morgan fingerprint density at radius 1 is 0.689 bits per heavy atom. The van der Waals surface area contributed by atoms with Crippen LogP contribution in [0.3, 0.4) is 0 Å². The molecule has 3 aromatic carbocycles. The number of hydrogen-bond acceptors (Lipinski definition) is 8. The highest BCUT2D eigenvalue weighted by molar-refractivity contribution is 5.91. The summed E-state index contributed by atoms with van der Waals surface area (Å²) >= 11 is 0. The molecule has 0 radical (unpaired) electrons. The summed E-state index contributed by atoms with van der Waals surface area (Å²) in [6, 6.07) is 20.0. The monoisotopic (exact) mass is 618 g/mol. The second-order valence-electron chi connectivity index (χ2n) is 11.8. The van der Waals surface area contributed by atoms with Crippen molar-refractivity contribution in [2.45, 2.75) is 89.9 Å². The maximum Gasteiger partial charge on any atom is 0.343 e. The number of esters is 1. The number of carbonyl (C=O) groups excluding carboxylic acids is 1. The van der Waals surface area contributed by atoms with Gasteiger partial charge in [0.2, 0.25) is 0 Å². The van der Waals surface area contributed by atoms with Crippen molar-refractivity contribution >= 4 is 5.97 Å². The van der Waals surface area contributed by atoms with Crippen LogP contribution in [0.15, 0.2) is 66.7 Å². The van der Waals surface area contributed by atoms with Crippen molar-refractivity contribution in [1.29, 1.82) is 0 Å². The summed E-state index contributed by atoms with van der Waals surface area (Å²) in [6.07, 6.45) is 12.7. The minimum Gasteiger partial charge on any atom is -0.494 e. The lowest BCUT2D eigenvalue weighted by Gasteiger charge is -2.11. The first-order valence-electron chi connectivity index (χ1n) is 16.4. The van der Waals surface area contributed by atoms with E-state index in [1.54, 1.807) is 42.5 Å². The Labute approximate surface area is 266 Å². The number of hydrogen-bond donors (Lipinski definition) is 0. The molecule has 3 aromatic rings. The first-order chi connectivity index (χ1) is 22.1. The lowest BCUT2D eigenvalue weighted by atomic mass is 10.1. The van der Waals surface area contributed by atoms with Gasteiger partial charge in [-0.2, -0.15) is 4.89 Å². The van der Waals surface area contributed by atoms with E-state index in [1.165, 1.54) is 44.9 Å². The molecule has 8 nitrogen and oxygen atoms in total. The highest BCUT2D eigenvalue weighted by Crippen LogP contribution is 2.25. The Hall–Kier alpha value is -3.59. The first-order valence-corrected chi connectivity index (χ1v) is 16.4. The summed E-state index contributed by atoms with van der Waals surface area (Å²) in [4.78, 5) is 23.7. The fourth-order valence-electron chi connectivity index (χ4n) is 4.98. The zero-order valence-corrected chi connectivity index (χ0v) is 26.4. The van der Waals surface area contributed by atoms with Gasteiger partial charge >= 0.3 is 5.97 Å². The van der Waals surface area contributed by atoms with Crippen LogP contribution in [0, 0.1) is 6.92 Å². The van der Waals surface area contributed by atoms with Gasteiger partial charge in [0.15, 0.2) is 5.75 Å². The Balaban J connectivity index is 0.945. The van der Waals surface area contributed by atoms with Crippen molar-refractivity contribution < 1.29 is 38.3 Å². The standard InChI is InChI=1S/C37H46O8/c1-28-24-33(44-37(38)30-14-18-32(19-15-30)40-23-9-5-3-7-11-35-27-42-35)20-21-36(28)45-43-25-29-12-16-31(17-13-29)39-22-8-4-2-6-10-34-26-41-34/h12-21,24,34-35H,2-11,22-23,25-27H2,1H3. The van der Waals surface area contributed by atoms with Gasteiger partial charge in [0.25, 0.3) is 0 Å². The molecular weight excluding hydrogens is 572 g/mol. The molecule has 0 bridgehead atoms. The number of epoxide rings is 2. The molecule has 2 saturated heterocycles. The number of rotatable bonds is 22. The van der Waals surface area contributed by atoms with E-state index in [9.17, 15) is 4.79 Å². The van der Waals surface area contributed by atoms with Crippen LogP contribution in [-0.4, -0.2) is 44.6 Å². The average molecular weight is 619 g/mol. The zero-order valence-electron chi connectivity index (χ0n) is 26.4. The van der Waals surface area contributed by atoms with E-state index in [0.29, 0.717) is 35.9 Å². The average Bonchev–Trinajstić information content (AvgIpc) is 3.99. The van der Waals surface area contributed by atoms with Gasteiger partial charge in [0.1, 0.15) is 23.9 Å². The van der Waals surface area contributed by atoms with Crippen molar-refractivity contribution in [2.75, 3.05) is 26.4 Å². The van der Waals surface area contributed by atoms with Gasteiger partial charge in [0, 0.05) is 0 Å². The van der Waals surface area contributed by atoms with E-state index in [2.05, 4.69) is 0 Å². The van der Waals surface area contributed by atoms with Gasteiger partial charge in [0.05, 0.1) is 44.2 Å². The van der Waals surface area contributed by atoms with Crippen molar-refractivity contribution in [3.63, 3.8) is 0 Å². The summed E-state index contributed by atoms with van der Waals surface area (Å²) in [7, 11) is 0. The molecule has 2 heterocycles. The summed E-state index contributed by atoms with van der Waals surface area (Å²) in [5.41, 5.74) is 2.21. The smallest absolute Gasteiger partial charge is 0.343 e. The van der Waals surface area contributed by atoms with E-state index >= 15 is 0 Å². The molecule has 45 heavy (non-hydrogen) atoms. The predicted octanol–water partition coefficient (Wildman–Crippen LogP) is 8.18. The van der Waals surface area contributed by atoms with Gasteiger partial charge in [-0.05, 0) is 98.3 Å². The molecule has 2 aliphatic heterocycles. The van der Waals surface area contributed by atoms with Crippen LogP contribution in [0.5, 0.6) is 23.0 Å². The highest BCUT2D eigenvalue weighted by Gasteiger charge is 2.21. The highest BCUT2D eigenvalue weighted by atomic mass is 17.2. The lowest BCUT2D eigenvalue weighted by Crippen LogP contribution is -2.09. The van der Waals surface area contributed by atoms with Crippen LogP contribution in [0.1, 0.15) is 85.7 Å². The van der Waals surface area contributed by atoms with Crippen molar-refractivity contribution in [2.24, 2.45) is 0 Å². The van der Waals surface area contributed by atoms with E-state index in [1.807, 2.05) is 31.2 Å². The first kappa shape index (κ1) is 32.8. The molecule has 2 unspecified atom stereocenters. The maximum atomic E-state index is 12.7. The molecule has 0 amide bonds. The molecule has 2 aliphatic rings. The molecule has 0 aliphatic carbocycles. The van der Waals surface area contributed by atoms with Crippen molar-refractivity contribution in [1.82, 2.24) is 0 Å². The molecule has 0 N–H and O–H groups in total. The molecule has 5 rings (SSSR count). The quantitative estimate of drug-likeness (QED) is 0.0278. The van der Waals surface area contributed by atoms with Crippen LogP contribution in [0.2, 0.25) is 0 Å². The van der Waals surface area contributed by atoms with Gasteiger partial charge < -0.3 is 28.6 Å². The zero-order chi connectivity index (χ0) is 31.1. The van der Waals surface area contributed by atoms with Crippen LogP contribution >= 0.6 is 0 Å². The van der Waals surface area contributed by atoms with E-state index in [0.717, 1.165) is 61.7 Å². The molecule has 8 heteroatoms. The van der Waals surface area contributed by atoms with Crippen molar-refractivity contribution in [3.8, 4) is 23.0 Å². The predicted molar refractivity (Wildman–Crippen MR) is 171 cm³/mol. The molecule has 0 saturated carbocycles. The normalized spacial score (nSPS) is 16.6. The number of aryl methyl sites for hydroxylation is 1. The molecule has 0 spiro atoms. The van der Waals surface area contributed by atoms with E-state index in [4.69, 9.17) is 33.5 Å². The van der Waals surface area contributed by atoms with Crippen LogP contribution in [0.4, 0.5) is 0 Å². The Kier molecular flexibility index (Phi) is 13.0. The fourth-order valence-corrected chi connectivity index (χ4v) is 4.98. The van der Waals surface area contributed by atoms with E-state index < -0.39 is 5.97 Å². The summed E-state index contributed by atoms with van der Waals surface area (Å²) < 4.78 is 27.7. The van der Waals surface area contributed by atoms with Crippen LogP contribution in [-0.2, 0) is 21.0 Å². The molecule has 2 fully saturated rings. The minimum absolute atomic E-state index is 0.289. The van der Waals surface area contributed by atoms with Crippen molar-refractivity contribution in [3.05, 3.63) is 83.4 Å². The fraction of sp³-hybridized carbons (Fsp3) is 0.486. The van der Waals surface area contributed by atoms with Gasteiger partial charge in [-0.3, -0.25) is 0 Å². The number of unbranched alkanes of at least 4 members (excludes halogenated alkanes) is 6. The second-order valence-corrected chi connectivity index (χ2v) is 11.8. The third kappa shape index (κ3) is 12.4. The van der Waals surface area contributed by atoms with Gasteiger partial charge in [-0.15, -0.1) is 0 Å². The van der Waals surface area contributed by atoms with Gasteiger partial charge in [-0.1, -0.05) is 50.7 Å². The minimum atomic E-state index is -0.433. The third-order valence-electron chi connectivity index (χ3n) is 7.93. The molecular formula is C37H46O8. The Bertz CT molecular complexity index is 1300. The topological polar surface area (TPSA) is 88.3 Å². The number of benzene rings is 3. The molecule has 242 valence electrons. The maximum absolute atomic E-state index is 12.7. The number of carbonyl (C=O) groups is 1. The van der Waals surface area contributed by atoms with E-state index in [-0.39, 0.29) is 6.61 Å². The Morgan fingerprint density at radius 2 is 1.22 bits per heavy atom.